The van der Waals surface area contributed by atoms with E-state index in [1.165, 1.54) is 4.90 Å². The topological polar surface area (TPSA) is 49.9 Å². The number of urea groups is 1. The predicted molar refractivity (Wildman–Crippen MR) is 99.0 cm³/mol. The summed E-state index contributed by atoms with van der Waals surface area (Å²) < 4.78 is 5.56. The van der Waals surface area contributed by atoms with Crippen molar-refractivity contribution in [3.63, 3.8) is 0 Å². The molecule has 0 aliphatic carbocycles. The Hall–Kier alpha value is -3.08. The fourth-order valence-corrected chi connectivity index (χ4v) is 3.15. The molecule has 0 spiro atoms. The largest absolute Gasteiger partial charge is 0.457 e. The van der Waals surface area contributed by atoms with Gasteiger partial charge in [-0.3, -0.25) is 0 Å². The first kappa shape index (κ1) is 17.7. The molecule has 134 valence electrons. The van der Waals surface area contributed by atoms with E-state index in [0.717, 1.165) is 11.1 Å². The molecule has 0 unspecified atom stereocenters. The number of benzene rings is 2. The average molecular weight is 350 g/mol. The molecule has 2 aromatic carbocycles. The summed E-state index contributed by atoms with van der Waals surface area (Å²) in [7, 11) is 3.37. The van der Waals surface area contributed by atoms with Gasteiger partial charge < -0.3 is 14.5 Å². The first-order valence-corrected chi connectivity index (χ1v) is 8.48. The van der Waals surface area contributed by atoms with Crippen LogP contribution in [0.1, 0.15) is 24.1 Å². The standard InChI is InChI=1S/C21H22N2O3/c1-15-18(20(24)26-14-16-10-6-4-7-11-16)19(17-12-8-5-9-13-17)23(3)21(25)22(15)2/h4-13,19H,14H2,1-3H3/t19-/m1/s1. The zero-order chi connectivity index (χ0) is 18.7. The second-order valence-corrected chi connectivity index (χ2v) is 6.33. The molecule has 0 saturated heterocycles. The quantitative estimate of drug-likeness (QED) is 0.789. The Morgan fingerprint density at radius 1 is 1.00 bits per heavy atom. The maximum atomic E-state index is 12.9. The molecule has 2 aromatic rings. The van der Waals surface area contributed by atoms with Gasteiger partial charge in [0.1, 0.15) is 6.61 Å². The van der Waals surface area contributed by atoms with Crippen LogP contribution in [0.5, 0.6) is 0 Å². The number of likely N-dealkylation sites (N-methyl/N-ethyl adjacent to an activating group) is 1. The molecule has 1 atom stereocenters. The Balaban J connectivity index is 1.94. The van der Waals surface area contributed by atoms with Crippen molar-refractivity contribution < 1.29 is 14.3 Å². The van der Waals surface area contributed by atoms with Crippen molar-refractivity contribution in [3.8, 4) is 0 Å². The highest BCUT2D eigenvalue weighted by Gasteiger charge is 2.39. The number of rotatable bonds is 4. The molecule has 5 nitrogen and oxygen atoms in total. The molecule has 1 aliphatic heterocycles. The summed E-state index contributed by atoms with van der Waals surface area (Å²) in [4.78, 5) is 28.5. The molecule has 0 saturated carbocycles. The van der Waals surface area contributed by atoms with Gasteiger partial charge in [0.05, 0.1) is 11.6 Å². The molecule has 26 heavy (non-hydrogen) atoms. The Morgan fingerprint density at radius 3 is 2.19 bits per heavy atom. The summed E-state index contributed by atoms with van der Waals surface area (Å²) in [6.45, 7) is 1.97. The van der Waals surface area contributed by atoms with E-state index in [1.54, 1.807) is 25.9 Å². The summed E-state index contributed by atoms with van der Waals surface area (Å²) in [5, 5.41) is 0. The highest BCUT2D eigenvalue weighted by Crippen LogP contribution is 2.36. The maximum absolute atomic E-state index is 12.9. The van der Waals surface area contributed by atoms with Gasteiger partial charge in [-0.05, 0) is 18.1 Å². The molecule has 0 fully saturated rings. The normalized spacial score (nSPS) is 17.5. The van der Waals surface area contributed by atoms with Crippen molar-refractivity contribution in [3.05, 3.63) is 83.1 Å². The molecular formula is C21H22N2O3. The highest BCUT2D eigenvalue weighted by molar-refractivity contribution is 5.94. The molecule has 5 heteroatoms. The van der Waals surface area contributed by atoms with Crippen LogP contribution in [0.25, 0.3) is 0 Å². The van der Waals surface area contributed by atoms with Gasteiger partial charge in [0, 0.05) is 19.8 Å². The Bertz CT molecular complexity index is 831. The first-order chi connectivity index (χ1) is 12.5. The van der Waals surface area contributed by atoms with Crippen LogP contribution in [0.2, 0.25) is 0 Å². The van der Waals surface area contributed by atoms with Crippen LogP contribution in [0.4, 0.5) is 4.79 Å². The summed E-state index contributed by atoms with van der Waals surface area (Å²) >= 11 is 0. The lowest BCUT2D eigenvalue weighted by molar-refractivity contribution is -0.141. The molecule has 1 aliphatic rings. The van der Waals surface area contributed by atoms with E-state index in [-0.39, 0.29) is 12.6 Å². The molecule has 0 bridgehead atoms. The van der Waals surface area contributed by atoms with Crippen LogP contribution < -0.4 is 0 Å². The summed E-state index contributed by atoms with van der Waals surface area (Å²) in [6, 6.07) is 18.4. The van der Waals surface area contributed by atoms with Crippen molar-refractivity contribution in [1.82, 2.24) is 9.80 Å². The van der Waals surface area contributed by atoms with Crippen LogP contribution >= 0.6 is 0 Å². The molecule has 0 radical (unpaired) electrons. The second-order valence-electron chi connectivity index (χ2n) is 6.33. The number of allylic oxidation sites excluding steroid dienone is 1. The average Bonchev–Trinajstić information content (AvgIpc) is 2.68. The smallest absolute Gasteiger partial charge is 0.338 e. The van der Waals surface area contributed by atoms with Gasteiger partial charge in [-0.1, -0.05) is 60.7 Å². The van der Waals surface area contributed by atoms with Crippen LogP contribution in [-0.4, -0.2) is 35.9 Å². The predicted octanol–water partition coefficient (Wildman–Crippen LogP) is 3.74. The number of ether oxygens (including phenoxy) is 1. The van der Waals surface area contributed by atoms with Crippen molar-refractivity contribution in [2.24, 2.45) is 0 Å². The van der Waals surface area contributed by atoms with E-state index in [0.29, 0.717) is 11.3 Å². The molecule has 0 aromatic heterocycles. The lowest BCUT2D eigenvalue weighted by Gasteiger charge is -2.39. The number of nitrogens with zero attached hydrogens (tertiary/aromatic N) is 2. The van der Waals surface area contributed by atoms with Crippen LogP contribution in [0.15, 0.2) is 71.9 Å². The van der Waals surface area contributed by atoms with E-state index in [4.69, 9.17) is 4.74 Å². The summed E-state index contributed by atoms with van der Waals surface area (Å²) in [5.41, 5.74) is 2.89. The van der Waals surface area contributed by atoms with Gasteiger partial charge in [-0.2, -0.15) is 0 Å². The van der Waals surface area contributed by atoms with Gasteiger partial charge in [-0.15, -0.1) is 0 Å². The number of carbonyl (C=O) groups excluding carboxylic acids is 2. The van der Waals surface area contributed by atoms with Crippen LogP contribution in [0.3, 0.4) is 0 Å². The molecule has 3 rings (SSSR count). The van der Waals surface area contributed by atoms with Gasteiger partial charge >= 0.3 is 12.0 Å². The number of hydrogen-bond acceptors (Lipinski definition) is 3. The van der Waals surface area contributed by atoms with Gasteiger partial charge in [0.25, 0.3) is 0 Å². The third kappa shape index (κ3) is 3.33. The van der Waals surface area contributed by atoms with Crippen LogP contribution in [-0.2, 0) is 16.1 Å². The SMILES string of the molecule is CC1=C(C(=O)OCc2ccccc2)[C@@H](c2ccccc2)N(C)C(=O)N1C. The molecular weight excluding hydrogens is 328 g/mol. The van der Waals surface area contributed by atoms with Crippen molar-refractivity contribution in [1.29, 1.82) is 0 Å². The van der Waals surface area contributed by atoms with Gasteiger partial charge in [0.15, 0.2) is 0 Å². The van der Waals surface area contributed by atoms with Gasteiger partial charge in [0.2, 0.25) is 0 Å². The van der Waals surface area contributed by atoms with Crippen LogP contribution in [0, 0.1) is 0 Å². The summed E-state index contributed by atoms with van der Waals surface area (Å²) in [6.07, 6.45) is 0. The number of esters is 1. The van der Waals surface area contributed by atoms with Crippen molar-refractivity contribution in [2.45, 2.75) is 19.6 Å². The molecule has 2 amide bonds. The number of carbonyl (C=O) groups is 2. The zero-order valence-corrected chi connectivity index (χ0v) is 15.2. The first-order valence-electron chi connectivity index (χ1n) is 8.48. The highest BCUT2D eigenvalue weighted by atomic mass is 16.5. The Kier molecular flexibility index (Phi) is 5.07. The Morgan fingerprint density at radius 2 is 1.58 bits per heavy atom. The van der Waals surface area contributed by atoms with E-state index in [2.05, 4.69) is 0 Å². The lowest BCUT2D eigenvalue weighted by Crippen LogP contribution is -2.47. The molecule has 0 N–H and O–H groups in total. The van der Waals surface area contributed by atoms with E-state index < -0.39 is 12.0 Å². The van der Waals surface area contributed by atoms with E-state index in [9.17, 15) is 9.59 Å². The summed E-state index contributed by atoms with van der Waals surface area (Å²) in [5.74, 6) is -0.411. The minimum Gasteiger partial charge on any atom is -0.457 e. The van der Waals surface area contributed by atoms with Crippen molar-refractivity contribution >= 4 is 12.0 Å². The Labute approximate surface area is 153 Å². The molecule has 1 heterocycles. The zero-order valence-electron chi connectivity index (χ0n) is 15.2. The van der Waals surface area contributed by atoms with E-state index >= 15 is 0 Å². The minimum atomic E-state index is -0.469. The lowest BCUT2D eigenvalue weighted by atomic mass is 9.94. The second kappa shape index (κ2) is 7.44. The fraction of sp³-hybridized carbons (Fsp3) is 0.238. The monoisotopic (exact) mass is 350 g/mol. The van der Waals surface area contributed by atoms with Crippen molar-refractivity contribution in [2.75, 3.05) is 14.1 Å². The maximum Gasteiger partial charge on any atom is 0.338 e. The third-order valence-electron chi connectivity index (χ3n) is 4.69. The number of amides is 2. The fourth-order valence-electron chi connectivity index (χ4n) is 3.15. The van der Waals surface area contributed by atoms with Gasteiger partial charge in [-0.25, -0.2) is 9.59 Å². The van der Waals surface area contributed by atoms with E-state index in [1.807, 2.05) is 60.7 Å². The third-order valence-corrected chi connectivity index (χ3v) is 4.69. The minimum absolute atomic E-state index is 0.157. The number of hydrogen-bond donors (Lipinski definition) is 0.